The molecule has 122 valence electrons. The zero-order valence-electron chi connectivity index (χ0n) is 12.9. The van der Waals surface area contributed by atoms with Crippen LogP contribution in [0.2, 0.25) is 0 Å². The number of carbonyl (C=O) groups excluding carboxylic acids is 1. The Morgan fingerprint density at radius 2 is 2.09 bits per heavy atom. The highest BCUT2D eigenvalue weighted by Gasteiger charge is 2.02. The summed E-state index contributed by atoms with van der Waals surface area (Å²) >= 11 is 1.70. The minimum Gasteiger partial charge on any atom is -0.484 e. The van der Waals surface area contributed by atoms with Gasteiger partial charge in [-0.3, -0.25) is 9.79 Å². The molecule has 2 aromatic rings. The molecule has 0 bridgehead atoms. The summed E-state index contributed by atoms with van der Waals surface area (Å²) in [6.45, 7) is 1.21. The van der Waals surface area contributed by atoms with Crippen LogP contribution in [0.3, 0.4) is 0 Å². The predicted octanol–water partition coefficient (Wildman–Crippen LogP) is 1.48. The van der Waals surface area contributed by atoms with Gasteiger partial charge >= 0.3 is 0 Å². The molecule has 0 saturated carbocycles. The predicted molar refractivity (Wildman–Crippen MR) is 92.5 cm³/mol. The van der Waals surface area contributed by atoms with E-state index in [1.165, 1.54) is 4.88 Å². The minimum absolute atomic E-state index is 0.124. The molecule has 0 radical (unpaired) electrons. The van der Waals surface area contributed by atoms with Crippen molar-refractivity contribution in [3.05, 3.63) is 52.2 Å². The molecule has 2 rings (SSSR count). The lowest BCUT2D eigenvalue weighted by Crippen LogP contribution is -2.36. The van der Waals surface area contributed by atoms with Gasteiger partial charge in [0.25, 0.3) is 5.91 Å². The quantitative estimate of drug-likeness (QED) is 0.529. The molecule has 0 fully saturated rings. The van der Waals surface area contributed by atoms with Crippen molar-refractivity contribution in [2.24, 2.45) is 10.7 Å². The summed E-state index contributed by atoms with van der Waals surface area (Å²) < 4.78 is 5.29. The summed E-state index contributed by atoms with van der Waals surface area (Å²) in [7, 11) is 1.73. The lowest BCUT2D eigenvalue weighted by atomic mass is 10.2. The maximum atomic E-state index is 10.7. The molecule has 0 aliphatic rings. The third-order valence-electron chi connectivity index (χ3n) is 2.97. The molecule has 0 unspecified atom stereocenters. The second-order valence-electron chi connectivity index (χ2n) is 4.76. The smallest absolute Gasteiger partial charge is 0.255 e. The maximum absolute atomic E-state index is 10.7. The fourth-order valence-electron chi connectivity index (χ4n) is 1.89. The summed E-state index contributed by atoms with van der Waals surface area (Å²) in [5.41, 5.74) is 6.09. The van der Waals surface area contributed by atoms with Crippen molar-refractivity contribution >= 4 is 23.2 Å². The molecular formula is C16H20N4O2S. The first-order chi connectivity index (χ1) is 11.2. The van der Waals surface area contributed by atoms with E-state index >= 15 is 0 Å². The van der Waals surface area contributed by atoms with Gasteiger partial charge in [0.15, 0.2) is 12.6 Å². The Balaban J connectivity index is 1.83. The second kappa shape index (κ2) is 8.79. The van der Waals surface area contributed by atoms with Crippen LogP contribution in [0.25, 0.3) is 0 Å². The Kier molecular flexibility index (Phi) is 6.43. The van der Waals surface area contributed by atoms with Gasteiger partial charge in [-0.05, 0) is 29.1 Å². The van der Waals surface area contributed by atoms with Crippen LogP contribution in [0.4, 0.5) is 0 Å². The van der Waals surface area contributed by atoms with Crippen LogP contribution in [0, 0.1) is 0 Å². The fourth-order valence-corrected chi connectivity index (χ4v) is 2.53. The normalized spacial score (nSPS) is 11.1. The average Bonchev–Trinajstić information content (AvgIpc) is 3.07. The number of primary amides is 1. The molecular weight excluding hydrogens is 312 g/mol. The molecule has 7 heteroatoms. The van der Waals surface area contributed by atoms with E-state index in [0.29, 0.717) is 12.3 Å². The van der Waals surface area contributed by atoms with E-state index in [1.54, 1.807) is 24.5 Å². The van der Waals surface area contributed by atoms with Gasteiger partial charge in [-0.2, -0.15) is 0 Å². The number of nitrogens with two attached hydrogens (primary N) is 1. The number of aliphatic imine (C=N–C) groups is 1. The van der Waals surface area contributed by atoms with E-state index in [4.69, 9.17) is 10.5 Å². The Morgan fingerprint density at radius 3 is 2.78 bits per heavy atom. The summed E-state index contributed by atoms with van der Waals surface area (Å²) in [5.74, 6) is 0.846. The van der Waals surface area contributed by atoms with Crippen LogP contribution in [0.15, 0.2) is 46.8 Å². The summed E-state index contributed by atoms with van der Waals surface area (Å²) in [6.07, 6.45) is 0. The number of ether oxygens (including phenoxy) is 1. The van der Waals surface area contributed by atoms with Gasteiger partial charge < -0.3 is 21.1 Å². The van der Waals surface area contributed by atoms with Gasteiger partial charge in [0.05, 0.1) is 6.54 Å². The number of nitrogens with zero attached hydrogens (tertiary/aromatic N) is 1. The van der Waals surface area contributed by atoms with Crippen LogP contribution >= 0.6 is 11.3 Å². The number of rotatable bonds is 7. The van der Waals surface area contributed by atoms with Crippen LogP contribution in [0.1, 0.15) is 10.4 Å². The van der Waals surface area contributed by atoms with Crippen molar-refractivity contribution in [2.75, 3.05) is 13.7 Å². The number of benzene rings is 1. The van der Waals surface area contributed by atoms with E-state index in [0.717, 1.165) is 18.1 Å². The summed E-state index contributed by atoms with van der Waals surface area (Å²) in [5, 5.41) is 8.54. The number of hydrogen-bond donors (Lipinski definition) is 3. The van der Waals surface area contributed by atoms with Crippen molar-refractivity contribution in [2.45, 2.75) is 13.1 Å². The van der Waals surface area contributed by atoms with Gasteiger partial charge in [-0.1, -0.05) is 18.2 Å². The monoisotopic (exact) mass is 332 g/mol. The molecule has 1 amide bonds. The van der Waals surface area contributed by atoms with E-state index in [2.05, 4.69) is 21.7 Å². The molecule has 0 saturated heterocycles. The van der Waals surface area contributed by atoms with E-state index < -0.39 is 5.91 Å². The number of nitrogens with one attached hydrogen (secondary N) is 2. The third kappa shape index (κ3) is 5.99. The van der Waals surface area contributed by atoms with Gasteiger partial charge in [0, 0.05) is 18.5 Å². The van der Waals surface area contributed by atoms with Gasteiger partial charge in [-0.25, -0.2) is 0 Å². The zero-order chi connectivity index (χ0) is 16.5. The van der Waals surface area contributed by atoms with E-state index in [-0.39, 0.29) is 6.61 Å². The Morgan fingerprint density at radius 1 is 1.26 bits per heavy atom. The average molecular weight is 332 g/mol. The molecule has 1 aromatic heterocycles. The van der Waals surface area contributed by atoms with Crippen molar-refractivity contribution in [3.63, 3.8) is 0 Å². The Hall–Kier alpha value is -2.54. The maximum Gasteiger partial charge on any atom is 0.255 e. The zero-order valence-corrected chi connectivity index (χ0v) is 13.7. The number of carbonyl (C=O) groups is 1. The van der Waals surface area contributed by atoms with Crippen molar-refractivity contribution in [1.29, 1.82) is 0 Å². The number of amides is 1. The van der Waals surface area contributed by atoms with Crippen LogP contribution in [-0.2, 0) is 17.9 Å². The third-order valence-corrected chi connectivity index (χ3v) is 3.85. The molecule has 4 N–H and O–H groups in total. The first-order valence-corrected chi connectivity index (χ1v) is 8.02. The largest absolute Gasteiger partial charge is 0.484 e. The molecule has 1 heterocycles. The van der Waals surface area contributed by atoms with Crippen molar-refractivity contribution in [3.8, 4) is 5.75 Å². The Bertz CT molecular complexity index is 656. The van der Waals surface area contributed by atoms with E-state index in [1.807, 2.05) is 29.6 Å². The number of hydrogen-bond acceptors (Lipinski definition) is 4. The lowest BCUT2D eigenvalue weighted by Gasteiger charge is -2.12. The van der Waals surface area contributed by atoms with E-state index in [9.17, 15) is 4.79 Å². The first-order valence-electron chi connectivity index (χ1n) is 7.14. The highest BCUT2D eigenvalue weighted by Crippen LogP contribution is 2.13. The Labute approximate surface area is 139 Å². The minimum atomic E-state index is -0.494. The number of guanidine groups is 1. The highest BCUT2D eigenvalue weighted by atomic mass is 32.1. The number of thiophene rings is 1. The molecule has 6 nitrogen and oxygen atoms in total. The lowest BCUT2D eigenvalue weighted by molar-refractivity contribution is -0.119. The fraction of sp³-hybridized carbons (Fsp3) is 0.250. The topological polar surface area (TPSA) is 88.7 Å². The summed E-state index contributed by atoms with van der Waals surface area (Å²) in [4.78, 5) is 16.2. The standard InChI is InChI=1S/C16H20N4O2S/c1-18-16(20-10-14-6-3-7-23-14)19-9-12-4-2-5-13(8-12)22-11-15(17)21/h2-8H,9-11H2,1H3,(H2,17,21)(H2,18,19,20). The summed E-state index contributed by atoms with van der Waals surface area (Å²) in [6, 6.07) is 11.6. The first kappa shape index (κ1) is 16.8. The molecule has 0 spiro atoms. The van der Waals surface area contributed by atoms with Crippen molar-refractivity contribution < 1.29 is 9.53 Å². The molecule has 0 aliphatic carbocycles. The molecule has 0 aliphatic heterocycles. The highest BCUT2D eigenvalue weighted by molar-refractivity contribution is 7.09. The van der Waals surface area contributed by atoms with Crippen LogP contribution in [0.5, 0.6) is 5.75 Å². The SMILES string of the molecule is CN=C(NCc1cccc(OCC(N)=O)c1)NCc1cccs1. The molecule has 1 aromatic carbocycles. The molecule has 23 heavy (non-hydrogen) atoms. The van der Waals surface area contributed by atoms with Crippen molar-refractivity contribution in [1.82, 2.24) is 10.6 Å². The van der Waals surface area contributed by atoms with Crippen LogP contribution in [-0.4, -0.2) is 25.5 Å². The molecule has 0 atom stereocenters. The van der Waals surface area contributed by atoms with Gasteiger partial charge in [-0.15, -0.1) is 11.3 Å². The second-order valence-corrected chi connectivity index (χ2v) is 5.79. The van der Waals surface area contributed by atoms with Gasteiger partial charge in [0.1, 0.15) is 5.75 Å². The van der Waals surface area contributed by atoms with Crippen LogP contribution < -0.4 is 21.1 Å². The van der Waals surface area contributed by atoms with Gasteiger partial charge in [0.2, 0.25) is 0 Å².